The van der Waals surface area contributed by atoms with Crippen LogP contribution in [-0.4, -0.2) is 17.0 Å². The van der Waals surface area contributed by atoms with E-state index in [0.29, 0.717) is 0 Å². The lowest BCUT2D eigenvalue weighted by molar-refractivity contribution is -0.384. The van der Waals surface area contributed by atoms with Gasteiger partial charge in [0, 0.05) is 17.7 Å². The highest BCUT2D eigenvalue weighted by Gasteiger charge is 2.17. The first-order valence-corrected chi connectivity index (χ1v) is 4.76. The third-order valence-electron chi connectivity index (χ3n) is 1.99. The van der Waals surface area contributed by atoms with Crippen LogP contribution in [0, 0.1) is 10.1 Å². The van der Waals surface area contributed by atoms with Crippen LogP contribution in [0.1, 0.15) is 11.7 Å². The first-order chi connectivity index (χ1) is 8.40. The molecule has 96 valence electrons. The zero-order valence-corrected chi connectivity index (χ0v) is 9.12. The molecule has 9 heteroatoms. The minimum absolute atomic E-state index is 0.185. The molecule has 0 bridgehead atoms. The molecule has 0 saturated carbocycles. The molecule has 0 aliphatic heterocycles. The fraction of sp³-hybridized carbons (Fsp3) is 0.111. The van der Waals surface area contributed by atoms with E-state index in [2.05, 4.69) is 10.6 Å². The second-order valence-electron chi connectivity index (χ2n) is 3.30. The van der Waals surface area contributed by atoms with Gasteiger partial charge in [0.25, 0.3) is 5.69 Å². The third-order valence-corrected chi connectivity index (χ3v) is 1.99. The zero-order valence-electron chi connectivity index (χ0n) is 9.12. The predicted molar refractivity (Wildman–Crippen MR) is 61.3 cm³/mol. The van der Waals surface area contributed by atoms with Crippen molar-refractivity contribution in [2.24, 2.45) is 11.5 Å². The van der Waals surface area contributed by atoms with Gasteiger partial charge in [-0.05, 0) is 0 Å². The highest BCUT2D eigenvalue weighted by atomic mass is 16.6. The van der Waals surface area contributed by atoms with E-state index in [1.54, 1.807) is 0 Å². The van der Waals surface area contributed by atoms with Crippen molar-refractivity contribution in [3.05, 3.63) is 39.9 Å². The van der Waals surface area contributed by atoms with Gasteiger partial charge < -0.3 is 22.1 Å². The number of nitrogens with one attached hydrogen (secondary N) is 2. The highest BCUT2D eigenvalue weighted by Crippen LogP contribution is 2.17. The summed E-state index contributed by atoms with van der Waals surface area (Å²) in [6.45, 7) is 0. The summed E-state index contributed by atoms with van der Waals surface area (Å²) in [5.41, 5.74) is 9.95. The Morgan fingerprint density at radius 1 is 1.22 bits per heavy atom. The molecule has 1 aromatic carbocycles. The first kappa shape index (κ1) is 13.2. The number of nitro groups is 1. The lowest BCUT2D eigenvalue weighted by Crippen LogP contribution is -2.45. The van der Waals surface area contributed by atoms with Gasteiger partial charge in [-0.15, -0.1) is 0 Å². The van der Waals surface area contributed by atoms with Crippen molar-refractivity contribution in [3.8, 4) is 0 Å². The minimum Gasteiger partial charge on any atom is -0.352 e. The summed E-state index contributed by atoms with van der Waals surface area (Å²) >= 11 is 0. The fourth-order valence-electron chi connectivity index (χ4n) is 1.31. The summed E-state index contributed by atoms with van der Waals surface area (Å²) in [5.74, 6) is 0. The van der Waals surface area contributed by atoms with Crippen molar-refractivity contribution in [1.29, 1.82) is 0 Å². The Kier molecular flexibility index (Phi) is 4.02. The number of carbonyl (C=O) groups excluding carboxylic acids is 2. The average Bonchev–Trinajstić information content (AvgIpc) is 2.27. The van der Waals surface area contributed by atoms with E-state index >= 15 is 0 Å². The van der Waals surface area contributed by atoms with Crippen molar-refractivity contribution in [1.82, 2.24) is 10.6 Å². The molecule has 0 spiro atoms. The van der Waals surface area contributed by atoms with Gasteiger partial charge in [0.05, 0.1) is 4.92 Å². The Bertz CT molecular complexity index is 474. The van der Waals surface area contributed by atoms with Crippen LogP contribution in [0.25, 0.3) is 0 Å². The number of hydrogen-bond acceptors (Lipinski definition) is 4. The van der Waals surface area contributed by atoms with E-state index in [1.807, 2.05) is 0 Å². The molecule has 0 aliphatic carbocycles. The first-order valence-electron chi connectivity index (χ1n) is 4.76. The second-order valence-corrected chi connectivity index (χ2v) is 3.30. The Labute approximate surface area is 101 Å². The molecule has 4 amide bonds. The molecule has 0 saturated heterocycles. The Hall–Kier alpha value is -2.84. The minimum atomic E-state index is -1.03. The third kappa shape index (κ3) is 3.63. The van der Waals surface area contributed by atoms with Gasteiger partial charge in [0.2, 0.25) is 0 Å². The number of urea groups is 2. The summed E-state index contributed by atoms with van der Waals surface area (Å²) in [6, 6.07) is 3.54. The number of carbonyl (C=O) groups is 2. The molecule has 0 atom stereocenters. The van der Waals surface area contributed by atoms with Crippen molar-refractivity contribution >= 4 is 17.7 Å². The number of nitro benzene ring substituents is 1. The molecular weight excluding hydrogens is 242 g/mol. The highest BCUT2D eigenvalue weighted by molar-refractivity contribution is 5.75. The number of nitrogens with zero attached hydrogens (tertiary/aromatic N) is 1. The number of primary amides is 2. The molecule has 0 aliphatic rings. The van der Waals surface area contributed by atoms with E-state index in [-0.39, 0.29) is 11.3 Å². The predicted octanol–water partition coefficient (Wildman–Crippen LogP) is -0.0700. The second kappa shape index (κ2) is 5.48. The molecule has 0 aromatic heterocycles. The smallest absolute Gasteiger partial charge is 0.314 e. The Morgan fingerprint density at radius 2 is 1.78 bits per heavy atom. The molecule has 0 radical (unpaired) electrons. The molecule has 0 heterocycles. The number of benzene rings is 1. The molecule has 1 rings (SSSR count). The maximum atomic E-state index is 10.8. The SMILES string of the molecule is NC(=O)NC(NC(N)=O)c1cccc([N+](=O)[O-])c1. The number of non-ortho nitro benzene ring substituents is 1. The van der Waals surface area contributed by atoms with Crippen LogP contribution < -0.4 is 22.1 Å². The van der Waals surface area contributed by atoms with Gasteiger partial charge in [-0.1, -0.05) is 12.1 Å². The lowest BCUT2D eigenvalue weighted by atomic mass is 10.1. The van der Waals surface area contributed by atoms with E-state index in [1.165, 1.54) is 24.3 Å². The van der Waals surface area contributed by atoms with Crippen LogP contribution in [0.4, 0.5) is 15.3 Å². The monoisotopic (exact) mass is 253 g/mol. The summed E-state index contributed by atoms with van der Waals surface area (Å²) < 4.78 is 0. The zero-order chi connectivity index (χ0) is 13.7. The number of rotatable bonds is 4. The average molecular weight is 253 g/mol. The lowest BCUT2D eigenvalue weighted by Gasteiger charge is -2.17. The van der Waals surface area contributed by atoms with Gasteiger partial charge in [-0.25, -0.2) is 9.59 Å². The number of nitrogens with two attached hydrogens (primary N) is 2. The van der Waals surface area contributed by atoms with E-state index in [9.17, 15) is 19.7 Å². The molecule has 0 unspecified atom stereocenters. The quantitative estimate of drug-likeness (QED) is 0.337. The summed E-state index contributed by atoms with van der Waals surface area (Å²) in [5, 5.41) is 15.0. The Morgan fingerprint density at radius 3 is 2.22 bits per heavy atom. The van der Waals surface area contributed by atoms with Crippen LogP contribution in [0.3, 0.4) is 0 Å². The normalized spacial score (nSPS) is 9.83. The van der Waals surface area contributed by atoms with Gasteiger partial charge in [0.15, 0.2) is 0 Å². The summed E-state index contributed by atoms with van der Waals surface area (Å²) in [6.07, 6.45) is -1.03. The van der Waals surface area contributed by atoms with E-state index in [0.717, 1.165) is 0 Å². The van der Waals surface area contributed by atoms with Crippen molar-refractivity contribution in [2.75, 3.05) is 0 Å². The van der Waals surface area contributed by atoms with E-state index < -0.39 is 23.2 Å². The van der Waals surface area contributed by atoms with Crippen molar-refractivity contribution < 1.29 is 14.5 Å². The molecule has 1 aromatic rings. The van der Waals surface area contributed by atoms with Crippen LogP contribution >= 0.6 is 0 Å². The molecule has 6 N–H and O–H groups in total. The Balaban J connectivity index is 3.03. The molecular formula is C9H11N5O4. The fourth-order valence-corrected chi connectivity index (χ4v) is 1.31. The summed E-state index contributed by atoms with van der Waals surface area (Å²) in [4.78, 5) is 31.5. The summed E-state index contributed by atoms with van der Waals surface area (Å²) in [7, 11) is 0. The van der Waals surface area contributed by atoms with Crippen molar-refractivity contribution in [3.63, 3.8) is 0 Å². The number of amides is 4. The van der Waals surface area contributed by atoms with Crippen LogP contribution in [0.15, 0.2) is 24.3 Å². The van der Waals surface area contributed by atoms with Gasteiger partial charge in [-0.3, -0.25) is 10.1 Å². The standard InChI is InChI=1S/C9H11N5O4/c10-8(15)12-7(13-9(11)16)5-2-1-3-6(4-5)14(17)18/h1-4,7H,(H3,10,12,15)(H3,11,13,16). The topological polar surface area (TPSA) is 153 Å². The van der Waals surface area contributed by atoms with Gasteiger partial charge in [0.1, 0.15) is 6.17 Å². The maximum Gasteiger partial charge on any atom is 0.314 e. The van der Waals surface area contributed by atoms with Crippen LogP contribution in [-0.2, 0) is 0 Å². The van der Waals surface area contributed by atoms with Crippen molar-refractivity contribution in [2.45, 2.75) is 6.17 Å². The van der Waals surface area contributed by atoms with Gasteiger partial charge in [-0.2, -0.15) is 0 Å². The molecule has 9 nitrogen and oxygen atoms in total. The van der Waals surface area contributed by atoms with Crippen LogP contribution in [0.2, 0.25) is 0 Å². The van der Waals surface area contributed by atoms with E-state index in [4.69, 9.17) is 11.5 Å². The molecule has 18 heavy (non-hydrogen) atoms. The maximum absolute atomic E-state index is 10.8. The largest absolute Gasteiger partial charge is 0.352 e. The van der Waals surface area contributed by atoms with Crippen LogP contribution in [0.5, 0.6) is 0 Å². The molecule has 0 fully saturated rings. The number of hydrogen-bond donors (Lipinski definition) is 4. The van der Waals surface area contributed by atoms with Gasteiger partial charge >= 0.3 is 12.1 Å².